The Labute approximate surface area is 264 Å². The lowest BCUT2D eigenvalue weighted by molar-refractivity contribution is -0.120. The molecule has 2 aromatic carbocycles. The number of aliphatic hydroxyl groups is 1. The van der Waals surface area contributed by atoms with Crippen LogP contribution in [0.15, 0.2) is 48.5 Å². The molecule has 2 aliphatic rings. The van der Waals surface area contributed by atoms with Gasteiger partial charge in [0, 0.05) is 43.8 Å². The number of carbonyl (C=O) groups is 2. The fourth-order valence-electron chi connectivity index (χ4n) is 6.34. The third-order valence-corrected chi connectivity index (χ3v) is 9.08. The van der Waals surface area contributed by atoms with E-state index in [2.05, 4.69) is 48.5 Å². The number of aliphatic hydroxyl groups excluding tert-OH is 1. The summed E-state index contributed by atoms with van der Waals surface area (Å²) in [6.45, 7) is 8.43. The molecular weight excluding hydrogens is 554 g/mol. The number of hydrogen-bond acceptors (Lipinski definition) is 6. The summed E-state index contributed by atoms with van der Waals surface area (Å²) in [5.41, 5.74) is 2.24. The summed E-state index contributed by atoms with van der Waals surface area (Å²) in [6.07, 6.45) is 7.66. The maximum atomic E-state index is 14.3. The molecule has 8 heteroatoms. The van der Waals surface area contributed by atoms with Crippen LogP contribution in [0.4, 0.5) is 5.69 Å². The van der Waals surface area contributed by atoms with Crippen molar-refractivity contribution >= 4 is 17.5 Å². The van der Waals surface area contributed by atoms with Crippen LogP contribution in [-0.4, -0.2) is 78.3 Å². The largest absolute Gasteiger partial charge is 0.490 e. The fraction of sp³-hybridized carbons (Fsp3) is 0.611. The Morgan fingerprint density at radius 2 is 1.77 bits per heavy atom. The number of carbonyl (C=O) groups excluding carboxylic acids is 2. The zero-order chi connectivity index (χ0) is 31.5. The van der Waals surface area contributed by atoms with Crippen LogP contribution in [0.5, 0.6) is 5.75 Å². The van der Waals surface area contributed by atoms with Crippen molar-refractivity contribution in [1.82, 2.24) is 9.80 Å². The van der Waals surface area contributed by atoms with Crippen LogP contribution in [0.25, 0.3) is 0 Å². The minimum absolute atomic E-state index is 0.00610. The number of amides is 2. The quantitative estimate of drug-likeness (QED) is 0.375. The number of fused-ring (bicyclic) bond motifs is 1. The van der Waals surface area contributed by atoms with Gasteiger partial charge in [-0.15, -0.1) is 0 Å². The molecule has 1 aliphatic carbocycles. The number of nitrogens with zero attached hydrogens (tertiary/aromatic N) is 2. The van der Waals surface area contributed by atoms with E-state index >= 15 is 0 Å². The predicted molar refractivity (Wildman–Crippen MR) is 175 cm³/mol. The Hall–Kier alpha value is -2.94. The Bertz CT molecular complexity index is 1190. The number of anilines is 1. The second-order valence-electron chi connectivity index (χ2n) is 13.0. The molecule has 4 rings (SSSR count). The van der Waals surface area contributed by atoms with Crippen molar-refractivity contribution in [2.75, 3.05) is 38.7 Å². The molecule has 0 unspecified atom stereocenters. The van der Waals surface area contributed by atoms with Gasteiger partial charge in [0.15, 0.2) is 0 Å². The van der Waals surface area contributed by atoms with Crippen molar-refractivity contribution in [2.24, 2.45) is 11.8 Å². The first-order chi connectivity index (χ1) is 21.2. The first kappa shape index (κ1) is 33.9. The summed E-state index contributed by atoms with van der Waals surface area (Å²) in [7, 11) is 2.10. The number of nitrogens with one attached hydrogen (secondary N) is 1. The highest BCUT2D eigenvalue weighted by Gasteiger charge is 2.31. The van der Waals surface area contributed by atoms with E-state index < -0.39 is 6.04 Å². The first-order valence-electron chi connectivity index (χ1n) is 16.6. The number of hydrogen-bond donors (Lipinski definition) is 2. The van der Waals surface area contributed by atoms with E-state index in [9.17, 15) is 14.7 Å². The van der Waals surface area contributed by atoms with E-state index in [0.717, 1.165) is 58.0 Å². The van der Waals surface area contributed by atoms with Crippen LogP contribution in [-0.2, 0) is 16.1 Å². The van der Waals surface area contributed by atoms with Crippen molar-refractivity contribution in [1.29, 1.82) is 0 Å². The third kappa shape index (κ3) is 9.78. The molecule has 0 aromatic heterocycles. The second kappa shape index (κ2) is 16.9. The van der Waals surface area contributed by atoms with Gasteiger partial charge >= 0.3 is 0 Å². The summed E-state index contributed by atoms with van der Waals surface area (Å²) in [4.78, 5) is 31.4. The molecule has 2 amide bonds. The maximum Gasteiger partial charge on any atom is 0.258 e. The Balaban J connectivity index is 1.59. The molecule has 8 nitrogen and oxygen atoms in total. The van der Waals surface area contributed by atoms with E-state index in [-0.39, 0.29) is 42.5 Å². The van der Waals surface area contributed by atoms with Crippen LogP contribution in [0, 0.1) is 11.8 Å². The van der Waals surface area contributed by atoms with Crippen molar-refractivity contribution in [3.05, 3.63) is 59.7 Å². The summed E-state index contributed by atoms with van der Waals surface area (Å²) >= 11 is 0. The van der Waals surface area contributed by atoms with Crippen LogP contribution in [0.1, 0.15) is 88.1 Å². The smallest absolute Gasteiger partial charge is 0.258 e. The van der Waals surface area contributed by atoms with E-state index in [1.54, 1.807) is 11.0 Å². The van der Waals surface area contributed by atoms with Crippen LogP contribution >= 0.6 is 0 Å². The fourth-order valence-corrected chi connectivity index (χ4v) is 6.34. The van der Waals surface area contributed by atoms with Gasteiger partial charge in [-0.05, 0) is 76.8 Å². The molecule has 0 saturated heterocycles. The van der Waals surface area contributed by atoms with Gasteiger partial charge in [-0.3, -0.25) is 14.5 Å². The number of likely N-dealkylation sites (N-methyl/N-ethyl adjacent to an activating group) is 1. The molecule has 1 saturated carbocycles. The predicted octanol–water partition coefficient (Wildman–Crippen LogP) is 6.13. The van der Waals surface area contributed by atoms with Gasteiger partial charge in [-0.2, -0.15) is 0 Å². The molecule has 242 valence electrons. The van der Waals surface area contributed by atoms with Crippen molar-refractivity contribution in [3.8, 4) is 5.75 Å². The number of benzene rings is 2. The molecular formula is C36H53N3O5. The Morgan fingerprint density at radius 3 is 2.50 bits per heavy atom. The first-order valence-corrected chi connectivity index (χ1v) is 16.6. The van der Waals surface area contributed by atoms with Crippen LogP contribution in [0.3, 0.4) is 0 Å². The second-order valence-corrected chi connectivity index (χ2v) is 13.0. The monoisotopic (exact) mass is 607 g/mol. The molecule has 2 N–H and O–H groups in total. The topological polar surface area (TPSA) is 91.3 Å². The number of ether oxygens (including phenoxy) is 2. The lowest BCUT2D eigenvalue weighted by atomic mass is 9.88. The zero-order valence-electron chi connectivity index (χ0n) is 27.2. The van der Waals surface area contributed by atoms with Crippen molar-refractivity contribution in [2.45, 2.75) is 96.9 Å². The van der Waals surface area contributed by atoms with Crippen molar-refractivity contribution < 1.29 is 24.2 Å². The van der Waals surface area contributed by atoms with E-state index in [4.69, 9.17) is 9.47 Å². The van der Waals surface area contributed by atoms with Gasteiger partial charge in [0.1, 0.15) is 5.75 Å². The van der Waals surface area contributed by atoms with Crippen LogP contribution < -0.4 is 10.1 Å². The normalized spacial score (nSPS) is 23.4. The maximum absolute atomic E-state index is 14.3. The van der Waals surface area contributed by atoms with E-state index in [0.29, 0.717) is 30.2 Å². The summed E-state index contributed by atoms with van der Waals surface area (Å²) < 4.78 is 12.8. The molecule has 0 bridgehead atoms. The van der Waals surface area contributed by atoms with Gasteiger partial charge in [0.2, 0.25) is 5.91 Å². The van der Waals surface area contributed by atoms with Gasteiger partial charge in [0.25, 0.3) is 5.91 Å². The Kier molecular flexibility index (Phi) is 13.1. The summed E-state index contributed by atoms with van der Waals surface area (Å²) in [5, 5.41) is 13.3. The van der Waals surface area contributed by atoms with Crippen molar-refractivity contribution in [3.63, 3.8) is 0 Å². The highest BCUT2D eigenvalue weighted by atomic mass is 16.5. The lowest BCUT2D eigenvalue weighted by Gasteiger charge is -2.36. The lowest BCUT2D eigenvalue weighted by Crippen LogP contribution is -2.47. The summed E-state index contributed by atoms with van der Waals surface area (Å²) in [5.74, 6) is 0.317. The van der Waals surface area contributed by atoms with Crippen LogP contribution in [0.2, 0.25) is 0 Å². The third-order valence-electron chi connectivity index (χ3n) is 9.08. The van der Waals surface area contributed by atoms with Gasteiger partial charge < -0.3 is 24.8 Å². The summed E-state index contributed by atoms with van der Waals surface area (Å²) in [6, 6.07) is 15.4. The SMILES string of the molecule is C[C@H]1CCCCO[C@@H](CN(C)Cc2ccccc2)[C@@H](C)CN([C@@H](C)CO)C(=O)c2cc(NC(=O)C3CCCCC3)ccc2O1. The van der Waals surface area contributed by atoms with E-state index in [1.807, 2.05) is 32.0 Å². The van der Waals surface area contributed by atoms with E-state index in [1.165, 1.54) is 12.0 Å². The standard InChI is InChI=1S/C36H53N3O5/c1-26-22-39(27(2)25-40)36(42)32-21-31(37-35(41)30-16-9-6-10-17-30)18-19-33(32)44-28(3)13-11-12-20-43-34(26)24-38(4)23-29-14-7-5-8-15-29/h5,7-8,14-15,18-19,21,26-28,30,34,40H,6,9-13,16-17,20,22-25H2,1-4H3,(H,37,41)/t26-,27-,28-,34-/m0/s1. The van der Waals surface area contributed by atoms with Gasteiger partial charge in [0.05, 0.1) is 30.4 Å². The minimum atomic E-state index is -0.411. The highest BCUT2D eigenvalue weighted by Crippen LogP contribution is 2.30. The molecule has 0 spiro atoms. The number of rotatable bonds is 8. The molecule has 44 heavy (non-hydrogen) atoms. The molecule has 4 atom stereocenters. The van der Waals surface area contributed by atoms with Gasteiger partial charge in [-0.25, -0.2) is 0 Å². The zero-order valence-corrected chi connectivity index (χ0v) is 27.2. The minimum Gasteiger partial charge on any atom is -0.490 e. The molecule has 1 heterocycles. The molecule has 0 radical (unpaired) electrons. The highest BCUT2D eigenvalue weighted by molar-refractivity contribution is 6.00. The Morgan fingerprint density at radius 1 is 1.05 bits per heavy atom. The average molecular weight is 608 g/mol. The van der Waals surface area contributed by atoms with Gasteiger partial charge in [-0.1, -0.05) is 56.5 Å². The molecule has 1 aliphatic heterocycles. The average Bonchev–Trinajstić information content (AvgIpc) is 3.03. The molecule has 2 aromatic rings. The molecule has 1 fully saturated rings.